The van der Waals surface area contributed by atoms with Gasteiger partial charge >= 0.3 is 0 Å². The van der Waals surface area contributed by atoms with E-state index >= 15 is 0 Å². The zero-order valence-corrected chi connectivity index (χ0v) is 9.37. The number of hydrogen-bond acceptors (Lipinski definition) is 5. The molecule has 0 saturated carbocycles. The lowest BCUT2D eigenvalue weighted by atomic mass is 9.99. The average molecular weight is 234 g/mol. The molecule has 0 aromatic carbocycles. The molecule has 1 aliphatic rings. The molecule has 6 nitrogen and oxygen atoms in total. The number of nitrogens with zero attached hydrogens (tertiary/aromatic N) is 3. The maximum absolute atomic E-state index is 10.8. The number of piperidine rings is 1. The summed E-state index contributed by atoms with van der Waals surface area (Å²) < 4.78 is 0. The first kappa shape index (κ1) is 11.5. The molecule has 1 aliphatic heterocycles. The minimum atomic E-state index is -0.580. The van der Waals surface area contributed by atoms with Crippen LogP contribution in [0.25, 0.3) is 0 Å². The van der Waals surface area contributed by atoms with E-state index in [1.165, 1.54) is 6.20 Å². The summed E-state index contributed by atoms with van der Waals surface area (Å²) in [6.07, 6.45) is 5.61. The maximum atomic E-state index is 10.8. The highest BCUT2D eigenvalue weighted by Crippen LogP contribution is 2.19. The standard InChI is InChI=1S/C11H14N4O2/c12-11(17)9-5-14-10(6-13-9)15-3-1-8(7-16)2-4-15/h5-8H,1-4H2,(H2,12,17). The number of aromatic nitrogens is 2. The van der Waals surface area contributed by atoms with E-state index in [0.29, 0.717) is 0 Å². The Morgan fingerprint density at radius 1 is 1.35 bits per heavy atom. The van der Waals surface area contributed by atoms with Crippen LogP contribution in [0, 0.1) is 5.92 Å². The molecule has 1 amide bonds. The topological polar surface area (TPSA) is 89.2 Å². The first-order chi connectivity index (χ1) is 8.20. The van der Waals surface area contributed by atoms with Crippen molar-refractivity contribution in [2.24, 2.45) is 11.7 Å². The summed E-state index contributed by atoms with van der Waals surface area (Å²) in [5, 5.41) is 0. The first-order valence-corrected chi connectivity index (χ1v) is 5.53. The minimum absolute atomic E-state index is 0.157. The molecule has 1 aromatic rings. The monoisotopic (exact) mass is 234 g/mol. The van der Waals surface area contributed by atoms with E-state index in [1.54, 1.807) is 6.20 Å². The quantitative estimate of drug-likeness (QED) is 0.743. The van der Waals surface area contributed by atoms with Crippen molar-refractivity contribution in [1.82, 2.24) is 9.97 Å². The third-order valence-electron chi connectivity index (χ3n) is 2.95. The third kappa shape index (κ3) is 2.58. The summed E-state index contributed by atoms with van der Waals surface area (Å²) in [4.78, 5) is 31.6. The van der Waals surface area contributed by atoms with Gasteiger partial charge in [0.1, 0.15) is 17.8 Å². The van der Waals surface area contributed by atoms with Gasteiger partial charge in [-0.1, -0.05) is 0 Å². The second-order valence-corrected chi connectivity index (χ2v) is 4.08. The fourth-order valence-corrected chi connectivity index (χ4v) is 1.88. The largest absolute Gasteiger partial charge is 0.364 e. The molecule has 0 bridgehead atoms. The maximum Gasteiger partial charge on any atom is 0.268 e. The van der Waals surface area contributed by atoms with Crippen LogP contribution in [0.1, 0.15) is 23.3 Å². The van der Waals surface area contributed by atoms with Crippen LogP contribution in [0.4, 0.5) is 5.82 Å². The molecular formula is C11H14N4O2. The van der Waals surface area contributed by atoms with E-state index in [1.807, 2.05) is 0 Å². The molecule has 2 heterocycles. The second kappa shape index (κ2) is 4.90. The van der Waals surface area contributed by atoms with Crippen molar-refractivity contribution in [3.05, 3.63) is 18.1 Å². The third-order valence-corrected chi connectivity index (χ3v) is 2.95. The first-order valence-electron chi connectivity index (χ1n) is 5.53. The zero-order chi connectivity index (χ0) is 12.3. The highest BCUT2D eigenvalue weighted by molar-refractivity contribution is 5.90. The van der Waals surface area contributed by atoms with E-state index in [2.05, 4.69) is 14.9 Å². The Morgan fingerprint density at radius 3 is 2.53 bits per heavy atom. The molecule has 2 rings (SSSR count). The Kier molecular flexibility index (Phi) is 3.32. The van der Waals surface area contributed by atoms with Crippen LogP contribution in [0.2, 0.25) is 0 Å². The molecule has 90 valence electrons. The van der Waals surface area contributed by atoms with Crippen LogP contribution in [-0.4, -0.2) is 35.3 Å². The number of nitrogens with two attached hydrogens (primary N) is 1. The number of primary amides is 1. The Labute approximate surface area is 98.8 Å². The summed E-state index contributed by atoms with van der Waals surface area (Å²) in [6, 6.07) is 0. The predicted octanol–water partition coefficient (Wildman–Crippen LogP) is -0.00920. The Hall–Kier alpha value is -1.98. The normalized spacial score (nSPS) is 16.8. The predicted molar refractivity (Wildman–Crippen MR) is 61.6 cm³/mol. The van der Waals surface area contributed by atoms with Gasteiger partial charge in [-0.05, 0) is 12.8 Å². The number of aldehydes is 1. The van der Waals surface area contributed by atoms with E-state index in [-0.39, 0.29) is 11.6 Å². The SMILES string of the molecule is NC(=O)c1cnc(N2CCC(C=O)CC2)cn1. The molecular weight excluding hydrogens is 220 g/mol. The average Bonchev–Trinajstić information content (AvgIpc) is 2.39. The van der Waals surface area contributed by atoms with E-state index in [9.17, 15) is 9.59 Å². The zero-order valence-electron chi connectivity index (χ0n) is 9.37. The van der Waals surface area contributed by atoms with Gasteiger partial charge in [0, 0.05) is 19.0 Å². The fourth-order valence-electron chi connectivity index (χ4n) is 1.88. The molecule has 2 N–H and O–H groups in total. The number of carbonyl (C=O) groups is 2. The van der Waals surface area contributed by atoms with Crippen LogP contribution < -0.4 is 10.6 Å². The molecule has 1 fully saturated rings. The van der Waals surface area contributed by atoms with Gasteiger partial charge in [-0.2, -0.15) is 0 Å². The molecule has 17 heavy (non-hydrogen) atoms. The summed E-state index contributed by atoms with van der Waals surface area (Å²) in [5.41, 5.74) is 5.25. The van der Waals surface area contributed by atoms with Crippen molar-refractivity contribution in [3.8, 4) is 0 Å². The molecule has 1 aromatic heterocycles. The van der Waals surface area contributed by atoms with Gasteiger partial charge in [0.05, 0.1) is 12.4 Å². The lowest BCUT2D eigenvalue weighted by molar-refractivity contribution is -0.111. The van der Waals surface area contributed by atoms with Crippen molar-refractivity contribution in [1.29, 1.82) is 0 Å². The van der Waals surface area contributed by atoms with Gasteiger partial charge in [-0.3, -0.25) is 4.79 Å². The van der Waals surface area contributed by atoms with Gasteiger partial charge in [0.15, 0.2) is 0 Å². The number of amides is 1. The van der Waals surface area contributed by atoms with Crippen LogP contribution in [-0.2, 0) is 4.79 Å². The van der Waals surface area contributed by atoms with Gasteiger partial charge in [0.2, 0.25) is 0 Å². The van der Waals surface area contributed by atoms with Crippen LogP contribution in [0.3, 0.4) is 0 Å². The summed E-state index contributed by atoms with van der Waals surface area (Å²) in [7, 11) is 0. The number of carbonyl (C=O) groups excluding carboxylic acids is 2. The highest BCUT2D eigenvalue weighted by Gasteiger charge is 2.19. The van der Waals surface area contributed by atoms with Crippen LogP contribution >= 0.6 is 0 Å². The number of anilines is 1. The molecule has 0 unspecified atom stereocenters. The van der Waals surface area contributed by atoms with E-state index < -0.39 is 5.91 Å². The van der Waals surface area contributed by atoms with Crippen molar-refractivity contribution in [2.75, 3.05) is 18.0 Å². The smallest absolute Gasteiger partial charge is 0.268 e. The summed E-state index contributed by atoms with van der Waals surface area (Å²) in [5.74, 6) is 0.298. The van der Waals surface area contributed by atoms with Gasteiger partial charge < -0.3 is 15.4 Å². The number of hydrogen-bond donors (Lipinski definition) is 1. The Bertz CT molecular complexity index is 410. The summed E-state index contributed by atoms with van der Waals surface area (Å²) in [6.45, 7) is 1.57. The second-order valence-electron chi connectivity index (χ2n) is 4.08. The van der Waals surface area contributed by atoms with Gasteiger partial charge in [0.25, 0.3) is 5.91 Å². The molecule has 6 heteroatoms. The molecule has 0 spiro atoms. The molecule has 0 atom stereocenters. The van der Waals surface area contributed by atoms with Crippen molar-refractivity contribution in [2.45, 2.75) is 12.8 Å². The van der Waals surface area contributed by atoms with Crippen molar-refractivity contribution in [3.63, 3.8) is 0 Å². The fraction of sp³-hybridized carbons (Fsp3) is 0.455. The summed E-state index contributed by atoms with van der Waals surface area (Å²) >= 11 is 0. The Morgan fingerprint density at radius 2 is 2.06 bits per heavy atom. The molecule has 1 saturated heterocycles. The van der Waals surface area contributed by atoms with Crippen LogP contribution in [0.15, 0.2) is 12.4 Å². The molecule has 0 radical (unpaired) electrons. The lowest BCUT2D eigenvalue weighted by Crippen LogP contribution is -2.34. The van der Waals surface area contributed by atoms with Crippen molar-refractivity contribution < 1.29 is 9.59 Å². The Balaban J connectivity index is 2.03. The van der Waals surface area contributed by atoms with Crippen molar-refractivity contribution >= 4 is 18.0 Å². The van der Waals surface area contributed by atoms with E-state index in [4.69, 9.17) is 5.73 Å². The molecule has 0 aliphatic carbocycles. The van der Waals surface area contributed by atoms with Crippen LogP contribution in [0.5, 0.6) is 0 Å². The number of rotatable bonds is 3. The van der Waals surface area contributed by atoms with Gasteiger partial charge in [-0.25, -0.2) is 9.97 Å². The highest BCUT2D eigenvalue weighted by atomic mass is 16.1. The van der Waals surface area contributed by atoms with Gasteiger partial charge in [-0.15, -0.1) is 0 Å². The minimum Gasteiger partial charge on any atom is -0.364 e. The lowest BCUT2D eigenvalue weighted by Gasteiger charge is -2.30. The van der Waals surface area contributed by atoms with E-state index in [0.717, 1.165) is 38.0 Å².